The molecule has 0 fully saturated rings. The molecule has 1 amide bonds. The average Bonchev–Trinajstić information content (AvgIpc) is 2.54. The van der Waals surface area contributed by atoms with Crippen LogP contribution in [0.2, 0.25) is 0 Å². The van der Waals surface area contributed by atoms with Gasteiger partial charge in [-0.05, 0) is 29.3 Å². The summed E-state index contributed by atoms with van der Waals surface area (Å²) in [5, 5.41) is 8.68. The smallest absolute Gasteiger partial charge is 0.224 e. The van der Waals surface area contributed by atoms with Crippen molar-refractivity contribution in [3.05, 3.63) is 59.7 Å². The van der Waals surface area contributed by atoms with Crippen LogP contribution in [-0.4, -0.2) is 25.5 Å². The van der Waals surface area contributed by atoms with Crippen molar-refractivity contribution in [2.45, 2.75) is 12.8 Å². The van der Waals surface area contributed by atoms with Gasteiger partial charge in [-0.25, -0.2) is 0 Å². The summed E-state index contributed by atoms with van der Waals surface area (Å²) < 4.78 is 0. The highest BCUT2D eigenvalue weighted by Gasteiger charge is 2.07. The van der Waals surface area contributed by atoms with Crippen molar-refractivity contribution in [3.8, 4) is 0 Å². The van der Waals surface area contributed by atoms with Gasteiger partial charge in [-0.2, -0.15) is 0 Å². The maximum atomic E-state index is 12.0. The second-order valence-corrected chi connectivity index (χ2v) is 5.45. The Morgan fingerprint density at radius 3 is 2.81 bits per heavy atom. The summed E-state index contributed by atoms with van der Waals surface area (Å²) >= 11 is 0. The summed E-state index contributed by atoms with van der Waals surface area (Å²) in [6, 6.07) is 14.4. The molecule has 3 rings (SSSR count). The van der Waals surface area contributed by atoms with Crippen molar-refractivity contribution < 1.29 is 4.79 Å². The minimum Gasteiger partial charge on any atom is -0.352 e. The lowest BCUT2D eigenvalue weighted by molar-refractivity contribution is -0.120. The van der Waals surface area contributed by atoms with Crippen LogP contribution in [0, 0.1) is 0 Å². The molecule has 1 aliphatic rings. The minimum absolute atomic E-state index is 0.0877. The third kappa shape index (κ3) is 3.70. The Balaban J connectivity index is 1.59. The molecule has 0 spiro atoms. The van der Waals surface area contributed by atoms with Gasteiger partial charge in [0.2, 0.25) is 5.91 Å². The maximum absolute atomic E-state index is 12.0. The molecule has 3 nitrogen and oxygen atoms in total. The summed E-state index contributed by atoms with van der Waals surface area (Å²) in [6.45, 7) is 2.59. The van der Waals surface area contributed by atoms with Crippen LogP contribution in [0.25, 0.3) is 10.8 Å². The highest BCUT2D eigenvalue weighted by atomic mass is 16.1. The van der Waals surface area contributed by atoms with Crippen molar-refractivity contribution >= 4 is 16.7 Å². The quantitative estimate of drug-likeness (QED) is 0.845. The Morgan fingerprint density at radius 2 is 2.00 bits per heavy atom. The molecule has 21 heavy (non-hydrogen) atoms. The predicted molar refractivity (Wildman–Crippen MR) is 86.2 cm³/mol. The van der Waals surface area contributed by atoms with E-state index in [4.69, 9.17) is 0 Å². The van der Waals surface area contributed by atoms with Crippen molar-refractivity contribution in [2.75, 3.05) is 19.6 Å². The first kappa shape index (κ1) is 13.8. The number of carbonyl (C=O) groups is 1. The second-order valence-electron chi connectivity index (χ2n) is 5.45. The molecule has 108 valence electrons. The molecular weight excluding hydrogens is 260 g/mol. The molecular formula is C18H20N2O. The molecule has 0 saturated carbocycles. The van der Waals surface area contributed by atoms with Gasteiger partial charge in [0.25, 0.3) is 0 Å². The molecule has 0 unspecified atom stereocenters. The fourth-order valence-electron chi connectivity index (χ4n) is 2.64. The van der Waals surface area contributed by atoms with Gasteiger partial charge in [-0.15, -0.1) is 0 Å². The number of nitrogens with one attached hydrogen (secondary N) is 2. The standard InChI is InChI=1S/C18H20N2O/c21-18(20-13-14-7-9-19-10-8-14)12-15-5-6-16-3-1-2-4-17(16)11-15/h1-7,11,19H,8-10,12-13H2,(H,20,21). The zero-order valence-electron chi connectivity index (χ0n) is 12.1. The van der Waals surface area contributed by atoms with E-state index in [1.807, 2.05) is 18.2 Å². The molecule has 2 N–H and O–H groups in total. The van der Waals surface area contributed by atoms with E-state index in [9.17, 15) is 4.79 Å². The molecule has 1 aliphatic heterocycles. The van der Waals surface area contributed by atoms with E-state index >= 15 is 0 Å². The second kappa shape index (κ2) is 6.55. The van der Waals surface area contributed by atoms with E-state index in [0.29, 0.717) is 13.0 Å². The van der Waals surface area contributed by atoms with E-state index in [1.165, 1.54) is 16.3 Å². The summed E-state index contributed by atoms with van der Waals surface area (Å²) in [6.07, 6.45) is 3.63. The summed E-state index contributed by atoms with van der Waals surface area (Å²) in [5.74, 6) is 0.0877. The van der Waals surface area contributed by atoms with Crippen LogP contribution in [0.15, 0.2) is 54.1 Å². The molecule has 0 atom stereocenters. The van der Waals surface area contributed by atoms with Crippen LogP contribution in [0.3, 0.4) is 0 Å². The Labute approximate surface area is 125 Å². The van der Waals surface area contributed by atoms with E-state index < -0.39 is 0 Å². The highest BCUT2D eigenvalue weighted by Crippen LogP contribution is 2.16. The zero-order valence-corrected chi connectivity index (χ0v) is 12.1. The fourth-order valence-corrected chi connectivity index (χ4v) is 2.64. The first-order chi connectivity index (χ1) is 10.3. The van der Waals surface area contributed by atoms with Gasteiger partial charge in [0.15, 0.2) is 0 Å². The molecule has 1 heterocycles. The van der Waals surface area contributed by atoms with Crippen molar-refractivity contribution in [1.29, 1.82) is 0 Å². The third-order valence-corrected chi connectivity index (χ3v) is 3.85. The lowest BCUT2D eigenvalue weighted by Gasteiger charge is -2.14. The normalized spacial score (nSPS) is 14.8. The lowest BCUT2D eigenvalue weighted by atomic mass is 10.0. The van der Waals surface area contributed by atoms with Crippen molar-refractivity contribution in [3.63, 3.8) is 0 Å². The van der Waals surface area contributed by atoms with Crippen LogP contribution in [0.5, 0.6) is 0 Å². The predicted octanol–water partition coefficient (Wildman–Crippen LogP) is 2.42. The summed E-state index contributed by atoms with van der Waals surface area (Å²) in [7, 11) is 0. The molecule has 0 aliphatic carbocycles. The van der Waals surface area contributed by atoms with E-state index in [1.54, 1.807) is 0 Å². The van der Waals surface area contributed by atoms with Crippen molar-refractivity contribution in [1.82, 2.24) is 10.6 Å². The van der Waals surface area contributed by atoms with Gasteiger partial charge in [-0.3, -0.25) is 4.79 Å². The molecule has 0 bridgehead atoms. The molecule has 0 radical (unpaired) electrons. The molecule has 3 heteroatoms. The van der Waals surface area contributed by atoms with Gasteiger partial charge < -0.3 is 10.6 Å². The number of carbonyl (C=O) groups excluding carboxylic acids is 1. The van der Waals surface area contributed by atoms with Crippen LogP contribution in [0.4, 0.5) is 0 Å². The first-order valence-corrected chi connectivity index (χ1v) is 7.44. The average molecular weight is 280 g/mol. The van der Waals surface area contributed by atoms with Gasteiger partial charge in [0.1, 0.15) is 0 Å². The zero-order chi connectivity index (χ0) is 14.5. The monoisotopic (exact) mass is 280 g/mol. The number of amides is 1. The third-order valence-electron chi connectivity index (χ3n) is 3.85. The fraction of sp³-hybridized carbons (Fsp3) is 0.278. The Hall–Kier alpha value is -2.13. The van der Waals surface area contributed by atoms with Crippen LogP contribution in [-0.2, 0) is 11.2 Å². The number of fused-ring (bicyclic) bond motifs is 1. The first-order valence-electron chi connectivity index (χ1n) is 7.44. The van der Waals surface area contributed by atoms with Crippen LogP contribution < -0.4 is 10.6 Å². The van der Waals surface area contributed by atoms with Gasteiger partial charge >= 0.3 is 0 Å². The molecule has 2 aromatic carbocycles. The maximum Gasteiger partial charge on any atom is 0.224 e. The Bertz CT molecular complexity index is 676. The number of benzene rings is 2. The van der Waals surface area contributed by atoms with Gasteiger partial charge in [0.05, 0.1) is 6.42 Å². The molecule has 0 saturated heterocycles. The Morgan fingerprint density at radius 1 is 1.14 bits per heavy atom. The van der Waals surface area contributed by atoms with Gasteiger partial charge in [-0.1, -0.05) is 54.1 Å². The Kier molecular flexibility index (Phi) is 4.31. The molecule has 2 aromatic rings. The lowest BCUT2D eigenvalue weighted by Crippen LogP contribution is -2.30. The van der Waals surface area contributed by atoms with E-state index in [-0.39, 0.29) is 5.91 Å². The van der Waals surface area contributed by atoms with Crippen molar-refractivity contribution in [2.24, 2.45) is 0 Å². The number of hydrogen-bond donors (Lipinski definition) is 2. The van der Waals surface area contributed by atoms with Gasteiger partial charge in [0, 0.05) is 13.1 Å². The topological polar surface area (TPSA) is 41.1 Å². The van der Waals surface area contributed by atoms with Crippen LogP contribution in [0.1, 0.15) is 12.0 Å². The minimum atomic E-state index is 0.0877. The molecule has 0 aromatic heterocycles. The summed E-state index contributed by atoms with van der Waals surface area (Å²) in [5.41, 5.74) is 2.38. The SMILES string of the molecule is O=C(Cc1ccc2ccccc2c1)NCC1=CCNCC1. The number of hydrogen-bond acceptors (Lipinski definition) is 2. The highest BCUT2D eigenvalue weighted by molar-refractivity contribution is 5.85. The summed E-state index contributed by atoms with van der Waals surface area (Å²) in [4.78, 5) is 12.0. The van der Waals surface area contributed by atoms with E-state index in [2.05, 4.69) is 41.0 Å². The van der Waals surface area contributed by atoms with E-state index in [0.717, 1.165) is 25.1 Å². The number of rotatable bonds is 4. The largest absolute Gasteiger partial charge is 0.352 e. The van der Waals surface area contributed by atoms with Crippen LogP contribution >= 0.6 is 0 Å².